The Kier molecular flexibility index (Phi) is 2.65. The second-order valence-electron chi connectivity index (χ2n) is 2.31. The van der Waals surface area contributed by atoms with Crippen molar-refractivity contribution in [1.82, 2.24) is 5.32 Å². The average molecular weight is 144 g/mol. The van der Waals surface area contributed by atoms with Gasteiger partial charge in [-0.3, -0.25) is 4.79 Å². The van der Waals surface area contributed by atoms with Gasteiger partial charge in [-0.25, -0.2) is 0 Å². The molecule has 1 fully saturated rings. The van der Waals surface area contributed by atoms with E-state index >= 15 is 0 Å². The van der Waals surface area contributed by atoms with E-state index in [-0.39, 0.29) is 11.8 Å². The van der Waals surface area contributed by atoms with E-state index in [0.29, 0.717) is 26.3 Å². The van der Waals surface area contributed by atoms with Gasteiger partial charge in [-0.1, -0.05) is 0 Å². The van der Waals surface area contributed by atoms with Gasteiger partial charge in [0.1, 0.15) is 0 Å². The molecule has 0 radical (unpaired) electrons. The van der Waals surface area contributed by atoms with Crippen LogP contribution in [0.5, 0.6) is 0 Å². The van der Waals surface area contributed by atoms with Crippen molar-refractivity contribution in [3.63, 3.8) is 0 Å². The first-order valence-corrected chi connectivity index (χ1v) is 3.40. The molecule has 0 spiro atoms. The fourth-order valence-electron chi connectivity index (χ4n) is 0.727. The first-order valence-electron chi connectivity index (χ1n) is 3.40. The molecule has 0 bridgehead atoms. The molecule has 1 rings (SSSR count). The van der Waals surface area contributed by atoms with Crippen molar-refractivity contribution in [2.24, 2.45) is 11.7 Å². The van der Waals surface area contributed by atoms with Gasteiger partial charge in [0.15, 0.2) is 0 Å². The van der Waals surface area contributed by atoms with E-state index in [1.165, 1.54) is 0 Å². The standard InChI is InChI=1S/C6H12N2O2/c7-1-2-8-6(9)5-3-10-4-5/h5H,1-4,7H2,(H,8,9). The quantitative estimate of drug-likeness (QED) is 0.518. The molecular weight excluding hydrogens is 132 g/mol. The molecule has 0 aromatic heterocycles. The predicted molar refractivity (Wildman–Crippen MR) is 36.4 cm³/mol. The van der Waals surface area contributed by atoms with Crippen LogP contribution >= 0.6 is 0 Å². The fourth-order valence-corrected chi connectivity index (χ4v) is 0.727. The van der Waals surface area contributed by atoms with Gasteiger partial charge >= 0.3 is 0 Å². The number of rotatable bonds is 3. The maximum absolute atomic E-state index is 10.9. The number of nitrogens with one attached hydrogen (secondary N) is 1. The van der Waals surface area contributed by atoms with Crippen molar-refractivity contribution in [3.8, 4) is 0 Å². The monoisotopic (exact) mass is 144 g/mol. The van der Waals surface area contributed by atoms with Crippen molar-refractivity contribution in [1.29, 1.82) is 0 Å². The van der Waals surface area contributed by atoms with Gasteiger partial charge in [-0.2, -0.15) is 0 Å². The van der Waals surface area contributed by atoms with Gasteiger partial charge in [0, 0.05) is 13.1 Å². The van der Waals surface area contributed by atoms with E-state index < -0.39 is 0 Å². The van der Waals surface area contributed by atoms with E-state index in [2.05, 4.69) is 5.32 Å². The summed E-state index contributed by atoms with van der Waals surface area (Å²) in [5, 5.41) is 2.69. The Morgan fingerprint density at radius 1 is 1.70 bits per heavy atom. The molecule has 58 valence electrons. The first-order chi connectivity index (χ1) is 4.84. The molecule has 10 heavy (non-hydrogen) atoms. The van der Waals surface area contributed by atoms with E-state index in [9.17, 15) is 4.79 Å². The van der Waals surface area contributed by atoms with Crippen LogP contribution in [0.15, 0.2) is 0 Å². The van der Waals surface area contributed by atoms with E-state index in [4.69, 9.17) is 10.5 Å². The number of hydrogen-bond donors (Lipinski definition) is 2. The summed E-state index contributed by atoms with van der Waals surface area (Å²) < 4.78 is 4.84. The number of hydrogen-bond acceptors (Lipinski definition) is 3. The Hall–Kier alpha value is -0.610. The summed E-state index contributed by atoms with van der Waals surface area (Å²) in [6.45, 7) is 2.20. The molecule has 0 saturated carbocycles. The van der Waals surface area contributed by atoms with Crippen LogP contribution in [0, 0.1) is 5.92 Å². The zero-order valence-electron chi connectivity index (χ0n) is 5.80. The summed E-state index contributed by atoms with van der Waals surface area (Å²) in [7, 11) is 0. The lowest BCUT2D eigenvalue weighted by Crippen LogP contribution is -2.43. The molecule has 0 aromatic rings. The summed E-state index contributed by atoms with van der Waals surface area (Å²) in [5.41, 5.74) is 5.19. The van der Waals surface area contributed by atoms with Crippen molar-refractivity contribution < 1.29 is 9.53 Å². The molecule has 0 atom stereocenters. The minimum atomic E-state index is 0.0664. The van der Waals surface area contributed by atoms with Gasteiger partial charge in [0.2, 0.25) is 5.91 Å². The van der Waals surface area contributed by atoms with E-state index in [0.717, 1.165) is 0 Å². The maximum Gasteiger partial charge on any atom is 0.227 e. The van der Waals surface area contributed by atoms with Crippen molar-refractivity contribution in [2.45, 2.75) is 0 Å². The predicted octanol–water partition coefficient (Wildman–Crippen LogP) is -1.29. The zero-order valence-corrected chi connectivity index (χ0v) is 5.80. The highest BCUT2D eigenvalue weighted by Crippen LogP contribution is 2.08. The number of ether oxygens (including phenoxy) is 1. The number of amides is 1. The van der Waals surface area contributed by atoms with Crippen LogP contribution in [0.1, 0.15) is 0 Å². The van der Waals surface area contributed by atoms with Crippen LogP contribution in [0.2, 0.25) is 0 Å². The molecule has 0 aliphatic carbocycles. The third kappa shape index (κ3) is 1.68. The Bertz CT molecular complexity index is 123. The molecule has 4 heteroatoms. The molecule has 1 heterocycles. The van der Waals surface area contributed by atoms with Gasteiger partial charge in [-0.05, 0) is 0 Å². The summed E-state index contributed by atoms with van der Waals surface area (Å²) >= 11 is 0. The van der Waals surface area contributed by atoms with Gasteiger partial charge in [0.05, 0.1) is 19.1 Å². The lowest BCUT2D eigenvalue weighted by atomic mass is 10.1. The summed E-state index contributed by atoms with van der Waals surface area (Å²) in [5.74, 6) is 0.142. The van der Waals surface area contributed by atoms with Gasteiger partial charge in [0.25, 0.3) is 0 Å². The molecule has 4 nitrogen and oxygen atoms in total. The smallest absolute Gasteiger partial charge is 0.227 e. The van der Waals surface area contributed by atoms with Crippen LogP contribution < -0.4 is 11.1 Å². The Balaban J connectivity index is 2.08. The zero-order chi connectivity index (χ0) is 7.40. The number of carbonyl (C=O) groups excluding carboxylic acids is 1. The topological polar surface area (TPSA) is 64.3 Å². The van der Waals surface area contributed by atoms with Crippen molar-refractivity contribution in [2.75, 3.05) is 26.3 Å². The SMILES string of the molecule is NCCNC(=O)C1COC1. The van der Waals surface area contributed by atoms with Crippen molar-refractivity contribution in [3.05, 3.63) is 0 Å². The second kappa shape index (κ2) is 3.53. The molecule has 1 saturated heterocycles. The van der Waals surface area contributed by atoms with Gasteiger partial charge in [-0.15, -0.1) is 0 Å². The summed E-state index contributed by atoms with van der Waals surface area (Å²) in [4.78, 5) is 10.9. The molecule has 1 aliphatic heterocycles. The summed E-state index contributed by atoms with van der Waals surface area (Å²) in [6.07, 6.45) is 0. The number of nitrogens with two attached hydrogens (primary N) is 1. The number of carbonyl (C=O) groups is 1. The lowest BCUT2D eigenvalue weighted by molar-refractivity contribution is -0.138. The first kappa shape index (κ1) is 7.50. The molecule has 3 N–H and O–H groups in total. The Labute approximate surface area is 59.7 Å². The highest BCUT2D eigenvalue weighted by Gasteiger charge is 2.25. The van der Waals surface area contributed by atoms with Gasteiger partial charge < -0.3 is 15.8 Å². The maximum atomic E-state index is 10.9. The van der Waals surface area contributed by atoms with Crippen molar-refractivity contribution >= 4 is 5.91 Å². The van der Waals surface area contributed by atoms with Crippen LogP contribution in [0.25, 0.3) is 0 Å². The third-order valence-electron chi connectivity index (χ3n) is 1.45. The molecule has 0 aromatic carbocycles. The fraction of sp³-hybridized carbons (Fsp3) is 0.833. The highest BCUT2D eigenvalue weighted by atomic mass is 16.5. The minimum Gasteiger partial charge on any atom is -0.380 e. The largest absolute Gasteiger partial charge is 0.380 e. The van der Waals surface area contributed by atoms with Crippen LogP contribution in [0.3, 0.4) is 0 Å². The van der Waals surface area contributed by atoms with Crippen LogP contribution in [-0.2, 0) is 9.53 Å². The molecule has 1 aliphatic rings. The molecule has 1 amide bonds. The third-order valence-corrected chi connectivity index (χ3v) is 1.45. The molecular formula is C6H12N2O2. The summed E-state index contributed by atoms with van der Waals surface area (Å²) in [6, 6.07) is 0. The normalized spacial score (nSPS) is 18.1. The Morgan fingerprint density at radius 2 is 2.40 bits per heavy atom. The Morgan fingerprint density at radius 3 is 2.80 bits per heavy atom. The van der Waals surface area contributed by atoms with E-state index in [1.807, 2.05) is 0 Å². The second-order valence-corrected chi connectivity index (χ2v) is 2.31. The minimum absolute atomic E-state index is 0.0664. The van der Waals surface area contributed by atoms with Crippen LogP contribution in [-0.4, -0.2) is 32.2 Å². The highest BCUT2D eigenvalue weighted by molar-refractivity contribution is 5.79. The lowest BCUT2D eigenvalue weighted by Gasteiger charge is -2.24. The average Bonchev–Trinajstić information content (AvgIpc) is 1.79. The van der Waals surface area contributed by atoms with Crippen LogP contribution in [0.4, 0.5) is 0 Å². The molecule has 0 unspecified atom stereocenters. The van der Waals surface area contributed by atoms with E-state index in [1.54, 1.807) is 0 Å².